The molecule has 110 valence electrons. The molecule has 0 saturated carbocycles. The highest BCUT2D eigenvalue weighted by Gasteiger charge is 2.63. The standard InChI is InChI=1S/C14H10F3NO3/c15-5-1-2-6(12(17)11(5)16)18-13(19)9-7-3-4-8(21-7)10(9)14(18)20/h1-2,7-10H,3-4H2/t7-,8+,9-,10+. The molecule has 4 nitrogen and oxygen atoms in total. The zero-order valence-electron chi connectivity index (χ0n) is 10.7. The Labute approximate surface area is 117 Å². The smallest absolute Gasteiger partial charge is 0.240 e. The quantitative estimate of drug-likeness (QED) is 0.586. The Morgan fingerprint density at radius 1 is 0.952 bits per heavy atom. The largest absolute Gasteiger partial charge is 0.373 e. The number of benzene rings is 1. The summed E-state index contributed by atoms with van der Waals surface area (Å²) in [7, 11) is 0. The van der Waals surface area contributed by atoms with Crippen LogP contribution in [0.5, 0.6) is 0 Å². The molecule has 3 fully saturated rings. The van der Waals surface area contributed by atoms with Crippen LogP contribution in [0.3, 0.4) is 0 Å². The van der Waals surface area contributed by atoms with Gasteiger partial charge in [0.15, 0.2) is 17.5 Å². The first kappa shape index (κ1) is 12.8. The van der Waals surface area contributed by atoms with Crippen LogP contribution in [0.2, 0.25) is 0 Å². The predicted molar refractivity (Wildman–Crippen MR) is 63.7 cm³/mol. The van der Waals surface area contributed by atoms with Gasteiger partial charge in [0.2, 0.25) is 11.8 Å². The number of ether oxygens (including phenoxy) is 1. The zero-order valence-corrected chi connectivity index (χ0v) is 10.7. The molecule has 0 N–H and O–H groups in total. The molecule has 21 heavy (non-hydrogen) atoms. The van der Waals surface area contributed by atoms with Crippen molar-refractivity contribution < 1.29 is 27.5 Å². The molecule has 3 aliphatic heterocycles. The Balaban J connectivity index is 1.79. The first-order valence-corrected chi connectivity index (χ1v) is 6.67. The first-order chi connectivity index (χ1) is 10.0. The zero-order chi connectivity index (χ0) is 14.9. The Morgan fingerprint density at radius 2 is 1.52 bits per heavy atom. The van der Waals surface area contributed by atoms with E-state index in [4.69, 9.17) is 4.74 Å². The fourth-order valence-corrected chi connectivity index (χ4v) is 3.64. The molecule has 3 saturated heterocycles. The Bertz CT molecular complexity index is 650. The normalized spacial score (nSPS) is 34.0. The van der Waals surface area contributed by atoms with E-state index < -0.39 is 46.8 Å². The van der Waals surface area contributed by atoms with E-state index in [2.05, 4.69) is 0 Å². The van der Waals surface area contributed by atoms with E-state index in [0.717, 1.165) is 6.07 Å². The minimum Gasteiger partial charge on any atom is -0.373 e. The summed E-state index contributed by atoms with van der Waals surface area (Å²) in [5.41, 5.74) is -0.530. The second-order valence-electron chi connectivity index (χ2n) is 5.55. The average molecular weight is 297 g/mol. The molecule has 0 aliphatic carbocycles. The number of imide groups is 1. The van der Waals surface area contributed by atoms with Crippen molar-refractivity contribution in [2.75, 3.05) is 4.90 Å². The van der Waals surface area contributed by atoms with E-state index in [-0.39, 0.29) is 12.2 Å². The predicted octanol–water partition coefficient (Wildman–Crippen LogP) is 1.77. The number of hydrogen-bond acceptors (Lipinski definition) is 3. The molecule has 1 aromatic carbocycles. The van der Waals surface area contributed by atoms with E-state index in [9.17, 15) is 22.8 Å². The van der Waals surface area contributed by atoms with Crippen LogP contribution in [0, 0.1) is 29.3 Å². The van der Waals surface area contributed by atoms with Crippen LogP contribution in [0.15, 0.2) is 12.1 Å². The average Bonchev–Trinajstić information content (AvgIpc) is 3.13. The molecule has 3 aliphatic rings. The fraction of sp³-hybridized carbons (Fsp3) is 0.429. The molecule has 0 aromatic heterocycles. The van der Waals surface area contributed by atoms with Gasteiger partial charge in [0.1, 0.15) is 0 Å². The van der Waals surface area contributed by atoms with Crippen molar-refractivity contribution in [1.82, 2.24) is 0 Å². The maximum Gasteiger partial charge on any atom is 0.240 e. The lowest BCUT2D eigenvalue weighted by Crippen LogP contribution is -2.35. The molecule has 4 rings (SSSR count). The van der Waals surface area contributed by atoms with E-state index in [1.165, 1.54) is 0 Å². The number of nitrogens with zero attached hydrogens (tertiary/aromatic N) is 1. The van der Waals surface area contributed by atoms with Gasteiger partial charge >= 0.3 is 0 Å². The number of carbonyl (C=O) groups is 2. The van der Waals surface area contributed by atoms with Crippen molar-refractivity contribution in [1.29, 1.82) is 0 Å². The maximum absolute atomic E-state index is 13.9. The number of halogens is 3. The van der Waals surface area contributed by atoms with E-state index in [0.29, 0.717) is 23.8 Å². The number of amides is 2. The number of anilines is 1. The van der Waals surface area contributed by atoms with Gasteiger partial charge in [0.25, 0.3) is 0 Å². The van der Waals surface area contributed by atoms with E-state index >= 15 is 0 Å². The maximum atomic E-state index is 13.9. The third kappa shape index (κ3) is 1.49. The molecule has 3 heterocycles. The van der Waals surface area contributed by atoms with Gasteiger partial charge in [0, 0.05) is 0 Å². The third-order valence-corrected chi connectivity index (χ3v) is 4.54. The molecule has 0 radical (unpaired) electrons. The van der Waals surface area contributed by atoms with Crippen LogP contribution < -0.4 is 4.90 Å². The van der Waals surface area contributed by atoms with E-state index in [1.54, 1.807) is 0 Å². The molecule has 7 heteroatoms. The first-order valence-electron chi connectivity index (χ1n) is 6.67. The Kier molecular flexibility index (Phi) is 2.48. The van der Waals surface area contributed by atoms with Crippen molar-refractivity contribution in [2.45, 2.75) is 25.0 Å². The molecule has 0 unspecified atom stereocenters. The summed E-state index contributed by atoms with van der Waals surface area (Å²) in [6.45, 7) is 0. The van der Waals surface area contributed by atoms with Gasteiger partial charge in [-0.3, -0.25) is 9.59 Å². The summed E-state index contributed by atoms with van der Waals surface area (Å²) < 4.78 is 45.7. The summed E-state index contributed by atoms with van der Waals surface area (Å²) in [5.74, 6) is -7.04. The minimum absolute atomic E-state index is 0.338. The van der Waals surface area contributed by atoms with Crippen LogP contribution in [0.4, 0.5) is 18.9 Å². The lowest BCUT2D eigenvalue weighted by molar-refractivity contribution is -0.124. The second kappa shape index (κ2) is 4.07. The van der Waals surface area contributed by atoms with Gasteiger partial charge in [0.05, 0.1) is 29.7 Å². The monoisotopic (exact) mass is 297 g/mol. The topological polar surface area (TPSA) is 46.6 Å². The van der Waals surface area contributed by atoms with Gasteiger partial charge in [-0.25, -0.2) is 18.1 Å². The van der Waals surface area contributed by atoms with Crippen LogP contribution in [-0.2, 0) is 14.3 Å². The fourth-order valence-electron chi connectivity index (χ4n) is 3.64. The van der Waals surface area contributed by atoms with Gasteiger partial charge in [-0.05, 0) is 25.0 Å². The summed E-state index contributed by atoms with van der Waals surface area (Å²) in [5, 5.41) is 0. The van der Waals surface area contributed by atoms with Crippen molar-refractivity contribution in [3.63, 3.8) is 0 Å². The van der Waals surface area contributed by atoms with Gasteiger partial charge < -0.3 is 4.74 Å². The molecular formula is C14H10F3NO3. The SMILES string of the molecule is O=C1[C@@H]2[C@H](C(=O)N1c1ccc(F)c(F)c1F)[C@H]1CC[C@@H]2O1. The molecule has 1 aromatic rings. The van der Waals surface area contributed by atoms with Crippen molar-refractivity contribution in [3.05, 3.63) is 29.6 Å². The summed E-state index contributed by atoms with van der Waals surface area (Å²) in [4.78, 5) is 25.4. The molecule has 2 amide bonds. The van der Waals surface area contributed by atoms with Crippen LogP contribution in [-0.4, -0.2) is 24.0 Å². The highest BCUT2D eigenvalue weighted by Crippen LogP contribution is 2.49. The highest BCUT2D eigenvalue weighted by atomic mass is 19.2. The van der Waals surface area contributed by atoms with Crippen LogP contribution >= 0.6 is 0 Å². The molecular weight excluding hydrogens is 287 g/mol. The number of carbonyl (C=O) groups excluding carboxylic acids is 2. The summed E-state index contributed by atoms with van der Waals surface area (Å²) >= 11 is 0. The summed E-state index contributed by atoms with van der Waals surface area (Å²) in [6, 6.07) is 1.61. The van der Waals surface area contributed by atoms with E-state index in [1.807, 2.05) is 0 Å². The minimum atomic E-state index is -1.69. The number of rotatable bonds is 1. The third-order valence-electron chi connectivity index (χ3n) is 4.54. The van der Waals surface area contributed by atoms with Crippen LogP contribution in [0.1, 0.15) is 12.8 Å². The number of fused-ring (bicyclic) bond motifs is 5. The van der Waals surface area contributed by atoms with Gasteiger partial charge in [-0.1, -0.05) is 0 Å². The summed E-state index contributed by atoms with van der Waals surface area (Å²) in [6.07, 6.45) is 0.683. The van der Waals surface area contributed by atoms with Crippen molar-refractivity contribution in [3.8, 4) is 0 Å². The van der Waals surface area contributed by atoms with Gasteiger partial charge in [-0.15, -0.1) is 0 Å². The molecule has 4 atom stereocenters. The van der Waals surface area contributed by atoms with Gasteiger partial charge in [-0.2, -0.15) is 0 Å². The lowest BCUT2D eigenvalue weighted by Gasteiger charge is -2.18. The molecule has 2 bridgehead atoms. The highest BCUT2D eigenvalue weighted by molar-refractivity contribution is 6.22. The van der Waals surface area contributed by atoms with Crippen molar-refractivity contribution >= 4 is 17.5 Å². The Hall–Kier alpha value is -1.89. The lowest BCUT2D eigenvalue weighted by atomic mass is 9.81. The second-order valence-corrected chi connectivity index (χ2v) is 5.55. The van der Waals surface area contributed by atoms with Crippen molar-refractivity contribution in [2.24, 2.45) is 11.8 Å². The Morgan fingerprint density at radius 3 is 2.10 bits per heavy atom. The van der Waals surface area contributed by atoms with Crippen LogP contribution in [0.25, 0.3) is 0 Å². The number of hydrogen-bond donors (Lipinski definition) is 0. The molecule has 0 spiro atoms.